The first-order valence-electron chi connectivity index (χ1n) is 7.84. The Bertz CT molecular complexity index is 1010. The Morgan fingerprint density at radius 1 is 1.07 bits per heavy atom. The quantitative estimate of drug-likeness (QED) is 0.548. The highest BCUT2D eigenvalue weighted by Gasteiger charge is 2.37. The number of nitro benzene ring substituents is 2. The monoisotopic (exact) mass is 409 g/mol. The lowest BCUT2D eigenvalue weighted by molar-refractivity contribution is -0.385. The van der Waals surface area contributed by atoms with Gasteiger partial charge in [0.15, 0.2) is 0 Å². The highest BCUT2D eigenvalue weighted by atomic mass is 32.2. The van der Waals surface area contributed by atoms with Gasteiger partial charge in [0, 0.05) is 36.1 Å². The predicted octanol–water partition coefficient (Wildman–Crippen LogP) is 3.25. The van der Waals surface area contributed by atoms with Crippen molar-refractivity contribution in [2.24, 2.45) is 0 Å². The van der Waals surface area contributed by atoms with Gasteiger partial charge in [-0.15, -0.1) is 11.8 Å². The number of thioether (sulfide) groups is 1. The summed E-state index contributed by atoms with van der Waals surface area (Å²) in [6.45, 7) is 1.79. The molecule has 1 saturated heterocycles. The number of hydrogen-bond acceptors (Lipinski definition) is 7. The third-order valence-corrected chi connectivity index (χ3v) is 7.48. The molecule has 2 aromatic carbocycles. The second-order valence-electron chi connectivity index (χ2n) is 5.89. The molecule has 142 valence electrons. The first-order valence-corrected chi connectivity index (χ1v) is 10.3. The smallest absolute Gasteiger partial charge is 0.258 e. The van der Waals surface area contributed by atoms with E-state index in [4.69, 9.17) is 0 Å². The summed E-state index contributed by atoms with van der Waals surface area (Å²) in [4.78, 5) is 20.7. The van der Waals surface area contributed by atoms with E-state index in [1.807, 2.05) is 0 Å². The van der Waals surface area contributed by atoms with Crippen molar-refractivity contribution in [2.75, 3.05) is 12.3 Å². The molecular formula is C16H15N3O6S2. The SMILES string of the molecule is Cc1ccc(S(=O)(=O)N2CCSC2c2ccc([N+](=O)[O-])cc2)cc1[N+](=O)[O-]. The first kappa shape index (κ1) is 19.3. The molecule has 1 aliphatic rings. The minimum atomic E-state index is -3.96. The fourth-order valence-corrected chi connectivity index (χ4v) is 6.07. The van der Waals surface area contributed by atoms with Crippen LogP contribution >= 0.6 is 11.8 Å². The van der Waals surface area contributed by atoms with Crippen LogP contribution in [-0.2, 0) is 10.0 Å². The van der Waals surface area contributed by atoms with Crippen molar-refractivity contribution in [3.63, 3.8) is 0 Å². The largest absolute Gasteiger partial charge is 0.273 e. The van der Waals surface area contributed by atoms with E-state index in [9.17, 15) is 28.6 Å². The lowest BCUT2D eigenvalue weighted by Crippen LogP contribution is -2.30. The van der Waals surface area contributed by atoms with Gasteiger partial charge in [-0.05, 0) is 30.7 Å². The van der Waals surface area contributed by atoms with E-state index in [1.165, 1.54) is 52.5 Å². The van der Waals surface area contributed by atoms with Crippen LogP contribution in [0.2, 0.25) is 0 Å². The number of nitro groups is 2. The molecule has 9 nitrogen and oxygen atoms in total. The van der Waals surface area contributed by atoms with E-state index < -0.39 is 25.2 Å². The van der Waals surface area contributed by atoms with Crippen LogP contribution in [-0.4, -0.2) is 34.9 Å². The standard InChI is InChI=1S/C16H15N3O6S2/c1-11-2-7-14(10-15(11)19(22)23)27(24,25)17-8-9-26-16(17)12-3-5-13(6-4-12)18(20)21/h2-7,10,16H,8-9H2,1H3. The maximum atomic E-state index is 13.1. The zero-order valence-electron chi connectivity index (χ0n) is 14.1. The number of non-ortho nitro benzene ring substituents is 1. The molecule has 0 N–H and O–H groups in total. The second-order valence-corrected chi connectivity index (χ2v) is 8.97. The number of benzene rings is 2. The molecule has 1 heterocycles. The van der Waals surface area contributed by atoms with Gasteiger partial charge in [-0.3, -0.25) is 20.2 Å². The van der Waals surface area contributed by atoms with Crippen LogP contribution in [0.3, 0.4) is 0 Å². The van der Waals surface area contributed by atoms with E-state index >= 15 is 0 Å². The Balaban J connectivity index is 1.97. The van der Waals surface area contributed by atoms with Gasteiger partial charge in [0.1, 0.15) is 0 Å². The number of aryl methyl sites for hydroxylation is 1. The second kappa shape index (κ2) is 7.25. The molecule has 3 rings (SSSR count). The van der Waals surface area contributed by atoms with Gasteiger partial charge >= 0.3 is 0 Å². The molecule has 0 bridgehead atoms. The molecule has 0 aliphatic carbocycles. The summed E-state index contributed by atoms with van der Waals surface area (Å²) in [5.74, 6) is 0.550. The first-order chi connectivity index (χ1) is 12.7. The van der Waals surface area contributed by atoms with Crippen LogP contribution in [0.25, 0.3) is 0 Å². The van der Waals surface area contributed by atoms with Crippen LogP contribution < -0.4 is 0 Å². The lowest BCUT2D eigenvalue weighted by Gasteiger charge is -2.23. The summed E-state index contributed by atoms with van der Waals surface area (Å²) in [5, 5.41) is 21.4. The van der Waals surface area contributed by atoms with Crippen LogP contribution in [0.15, 0.2) is 47.4 Å². The van der Waals surface area contributed by atoms with Crippen molar-refractivity contribution in [2.45, 2.75) is 17.2 Å². The predicted molar refractivity (Wildman–Crippen MR) is 100 cm³/mol. The minimum Gasteiger partial charge on any atom is -0.258 e. The van der Waals surface area contributed by atoms with Gasteiger partial charge in [-0.2, -0.15) is 4.31 Å². The Morgan fingerprint density at radius 3 is 2.33 bits per heavy atom. The average molecular weight is 409 g/mol. The molecule has 0 saturated carbocycles. The normalized spacial score (nSPS) is 17.7. The highest BCUT2D eigenvalue weighted by Crippen LogP contribution is 2.42. The molecule has 0 radical (unpaired) electrons. The summed E-state index contributed by atoms with van der Waals surface area (Å²) in [6, 6.07) is 9.55. The molecule has 0 spiro atoms. The minimum absolute atomic E-state index is 0.0784. The molecule has 2 aromatic rings. The Kier molecular flexibility index (Phi) is 5.18. The molecular weight excluding hydrogens is 394 g/mol. The van der Waals surface area contributed by atoms with Crippen molar-refractivity contribution in [3.05, 3.63) is 73.8 Å². The van der Waals surface area contributed by atoms with Crippen molar-refractivity contribution in [1.29, 1.82) is 0 Å². The fourth-order valence-electron chi connectivity index (χ4n) is 2.81. The summed E-state index contributed by atoms with van der Waals surface area (Å²) < 4.78 is 27.4. The van der Waals surface area contributed by atoms with E-state index in [0.29, 0.717) is 16.9 Å². The molecule has 0 amide bonds. The summed E-state index contributed by atoms with van der Waals surface area (Å²) >= 11 is 1.40. The number of sulfonamides is 1. The highest BCUT2D eigenvalue weighted by molar-refractivity contribution is 8.01. The molecule has 1 atom stereocenters. The van der Waals surface area contributed by atoms with Crippen molar-refractivity contribution in [3.8, 4) is 0 Å². The average Bonchev–Trinajstić information content (AvgIpc) is 3.12. The fraction of sp³-hybridized carbons (Fsp3) is 0.250. The van der Waals surface area contributed by atoms with E-state index in [-0.39, 0.29) is 22.8 Å². The van der Waals surface area contributed by atoms with Crippen LogP contribution in [0.4, 0.5) is 11.4 Å². The molecule has 11 heteroatoms. The topological polar surface area (TPSA) is 124 Å². The van der Waals surface area contributed by atoms with E-state index in [2.05, 4.69) is 0 Å². The summed E-state index contributed by atoms with van der Waals surface area (Å²) in [6.07, 6.45) is 0. The van der Waals surface area contributed by atoms with Gasteiger partial charge in [0.25, 0.3) is 11.4 Å². The lowest BCUT2D eigenvalue weighted by atomic mass is 10.2. The number of rotatable bonds is 5. The van der Waals surface area contributed by atoms with Gasteiger partial charge in [-0.25, -0.2) is 8.42 Å². The third-order valence-electron chi connectivity index (χ3n) is 4.22. The molecule has 1 unspecified atom stereocenters. The van der Waals surface area contributed by atoms with Crippen molar-refractivity contribution < 1.29 is 18.3 Å². The van der Waals surface area contributed by atoms with Crippen molar-refractivity contribution >= 4 is 33.2 Å². The Morgan fingerprint density at radius 2 is 1.74 bits per heavy atom. The van der Waals surface area contributed by atoms with E-state index in [1.54, 1.807) is 6.92 Å². The van der Waals surface area contributed by atoms with Gasteiger partial charge in [-0.1, -0.05) is 6.07 Å². The maximum absolute atomic E-state index is 13.1. The summed E-state index contributed by atoms with van der Waals surface area (Å²) in [5.41, 5.74) is 0.662. The molecule has 1 aliphatic heterocycles. The zero-order valence-corrected chi connectivity index (χ0v) is 15.8. The zero-order chi connectivity index (χ0) is 19.8. The van der Waals surface area contributed by atoms with Gasteiger partial charge in [0.05, 0.1) is 20.1 Å². The summed E-state index contributed by atoms with van der Waals surface area (Å²) in [7, 11) is -3.96. The van der Waals surface area contributed by atoms with Crippen LogP contribution in [0.1, 0.15) is 16.5 Å². The maximum Gasteiger partial charge on any atom is 0.273 e. The number of nitrogens with zero attached hydrogens (tertiary/aromatic N) is 3. The Hall–Kier alpha value is -2.50. The molecule has 0 aromatic heterocycles. The van der Waals surface area contributed by atoms with Crippen LogP contribution in [0, 0.1) is 27.2 Å². The molecule has 1 fully saturated rings. The third kappa shape index (κ3) is 3.66. The van der Waals surface area contributed by atoms with Crippen LogP contribution in [0.5, 0.6) is 0 Å². The number of hydrogen-bond donors (Lipinski definition) is 0. The Labute approximate surface area is 159 Å². The molecule has 27 heavy (non-hydrogen) atoms. The van der Waals surface area contributed by atoms with E-state index in [0.717, 1.165) is 6.07 Å². The van der Waals surface area contributed by atoms with Gasteiger partial charge < -0.3 is 0 Å². The van der Waals surface area contributed by atoms with Crippen molar-refractivity contribution in [1.82, 2.24) is 4.31 Å². The van der Waals surface area contributed by atoms with Gasteiger partial charge in [0.2, 0.25) is 10.0 Å².